The summed E-state index contributed by atoms with van der Waals surface area (Å²) >= 11 is 0. The lowest BCUT2D eigenvalue weighted by Crippen LogP contribution is -2.15. The Hall–Kier alpha value is -2.30. The molecule has 5 heteroatoms. The van der Waals surface area contributed by atoms with E-state index in [4.69, 9.17) is 10.5 Å². The van der Waals surface area contributed by atoms with Gasteiger partial charge >= 0.3 is 5.97 Å². The molecule has 0 atom stereocenters. The molecule has 0 unspecified atom stereocenters. The smallest absolute Gasteiger partial charge is 0.338 e. The highest BCUT2D eigenvalue weighted by Crippen LogP contribution is 2.30. The van der Waals surface area contributed by atoms with Gasteiger partial charge in [0.25, 0.3) is 0 Å². The number of unbranched alkanes of at least 4 members (excludes halogenated alkanes) is 2. The number of primary amides is 1. The molecule has 0 saturated heterocycles. The molecule has 0 aliphatic heterocycles. The molecule has 5 nitrogen and oxygen atoms in total. The van der Waals surface area contributed by atoms with E-state index in [1.165, 1.54) is 7.11 Å². The largest absolute Gasteiger partial charge is 0.465 e. The Labute approximate surface area is 142 Å². The summed E-state index contributed by atoms with van der Waals surface area (Å²) in [5, 5.41) is 0.993. The molecule has 130 valence electrons. The van der Waals surface area contributed by atoms with Crippen molar-refractivity contribution in [1.82, 2.24) is 4.57 Å². The molecule has 0 saturated carbocycles. The van der Waals surface area contributed by atoms with Gasteiger partial charge in [0.2, 0.25) is 5.91 Å². The number of nitrogens with zero attached hydrogens (tertiary/aromatic N) is 1. The number of ether oxygens (including phenoxy) is 1. The minimum Gasteiger partial charge on any atom is -0.465 e. The number of carbonyl (C=O) groups excluding carboxylic acids is 2. The fraction of sp³-hybridized carbons (Fsp3) is 0.474. The zero-order valence-electron chi connectivity index (χ0n) is 14.9. The van der Waals surface area contributed by atoms with Gasteiger partial charge in [0.1, 0.15) is 0 Å². The van der Waals surface area contributed by atoms with E-state index in [9.17, 15) is 9.59 Å². The van der Waals surface area contributed by atoms with E-state index in [-0.39, 0.29) is 18.3 Å². The maximum Gasteiger partial charge on any atom is 0.338 e. The number of rotatable bonds is 7. The summed E-state index contributed by atoms with van der Waals surface area (Å²) in [6.45, 7) is 4.04. The van der Waals surface area contributed by atoms with Gasteiger partial charge in [0, 0.05) is 23.6 Å². The standard InChI is InChI=1S/C19H26N2O3/c1-5-6-7-8-16-15(11-18(20)22)14-9-12(2)13(19(23)24-4)10-17(14)21(16)3/h9-10H,5-8,11H2,1-4H3,(H2,20,22). The summed E-state index contributed by atoms with van der Waals surface area (Å²) in [5.41, 5.74) is 9.89. The quantitative estimate of drug-likeness (QED) is 0.626. The predicted octanol–water partition coefficient (Wildman–Crippen LogP) is 3.03. The van der Waals surface area contributed by atoms with Gasteiger partial charge in [-0.05, 0) is 43.0 Å². The van der Waals surface area contributed by atoms with Crippen molar-refractivity contribution in [3.8, 4) is 0 Å². The van der Waals surface area contributed by atoms with E-state index in [1.54, 1.807) is 0 Å². The maximum atomic E-state index is 12.0. The minimum absolute atomic E-state index is 0.218. The SMILES string of the molecule is CCCCCc1c(CC(N)=O)c2cc(C)c(C(=O)OC)cc2n1C. The van der Waals surface area contributed by atoms with Gasteiger partial charge in [-0.3, -0.25) is 4.79 Å². The van der Waals surface area contributed by atoms with Crippen LogP contribution in [0.15, 0.2) is 12.1 Å². The number of aryl methyl sites for hydroxylation is 2. The van der Waals surface area contributed by atoms with Crippen molar-refractivity contribution in [3.63, 3.8) is 0 Å². The van der Waals surface area contributed by atoms with E-state index in [1.807, 2.05) is 26.1 Å². The van der Waals surface area contributed by atoms with Crippen LogP contribution in [0.3, 0.4) is 0 Å². The van der Waals surface area contributed by atoms with Crippen molar-refractivity contribution in [3.05, 3.63) is 34.5 Å². The molecule has 24 heavy (non-hydrogen) atoms. The number of aromatic nitrogens is 1. The number of hydrogen-bond acceptors (Lipinski definition) is 3. The lowest BCUT2D eigenvalue weighted by Gasteiger charge is -2.07. The van der Waals surface area contributed by atoms with Crippen LogP contribution in [0, 0.1) is 6.92 Å². The number of amides is 1. The molecule has 0 fully saturated rings. The Morgan fingerprint density at radius 3 is 2.54 bits per heavy atom. The minimum atomic E-state index is -0.348. The van der Waals surface area contributed by atoms with Crippen LogP contribution in [0.1, 0.15) is 53.4 Å². The van der Waals surface area contributed by atoms with Crippen molar-refractivity contribution in [2.24, 2.45) is 12.8 Å². The normalized spacial score (nSPS) is 11.0. The molecular formula is C19H26N2O3. The van der Waals surface area contributed by atoms with Gasteiger partial charge in [-0.2, -0.15) is 0 Å². The van der Waals surface area contributed by atoms with Crippen LogP contribution >= 0.6 is 0 Å². The molecule has 0 bridgehead atoms. The average Bonchev–Trinajstić information content (AvgIpc) is 2.78. The first-order valence-electron chi connectivity index (χ1n) is 8.38. The monoisotopic (exact) mass is 330 g/mol. The Bertz CT molecular complexity index is 775. The Balaban J connectivity index is 2.63. The molecule has 0 radical (unpaired) electrons. The van der Waals surface area contributed by atoms with Gasteiger partial charge in [0.05, 0.1) is 19.1 Å². The number of methoxy groups -OCH3 is 1. The van der Waals surface area contributed by atoms with Gasteiger partial charge in [-0.25, -0.2) is 4.79 Å². The molecule has 2 rings (SSSR count). The van der Waals surface area contributed by atoms with Crippen molar-refractivity contribution in [2.75, 3.05) is 7.11 Å². The molecule has 0 spiro atoms. The Morgan fingerprint density at radius 2 is 1.96 bits per heavy atom. The predicted molar refractivity (Wildman–Crippen MR) is 95.1 cm³/mol. The number of benzene rings is 1. The summed E-state index contributed by atoms with van der Waals surface area (Å²) in [5.74, 6) is -0.687. The molecule has 1 heterocycles. The molecular weight excluding hydrogens is 304 g/mol. The third-order valence-corrected chi connectivity index (χ3v) is 4.56. The zero-order chi connectivity index (χ0) is 17.9. The molecule has 0 aliphatic rings. The summed E-state index contributed by atoms with van der Waals surface area (Å²) in [7, 11) is 3.36. The van der Waals surface area contributed by atoms with E-state index in [0.29, 0.717) is 5.56 Å². The van der Waals surface area contributed by atoms with Crippen LogP contribution < -0.4 is 5.73 Å². The van der Waals surface area contributed by atoms with Crippen molar-refractivity contribution in [2.45, 2.75) is 46.0 Å². The average molecular weight is 330 g/mol. The third kappa shape index (κ3) is 3.45. The van der Waals surface area contributed by atoms with Crippen LogP contribution in [-0.2, 0) is 29.4 Å². The van der Waals surface area contributed by atoms with Gasteiger partial charge in [-0.15, -0.1) is 0 Å². The first kappa shape index (κ1) is 18.0. The summed E-state index contributed by atoms with van der Waals surface area (Å²) in [6.07, 6.45) is 4.46. The molecule has 1 aromatic heterocycles. The van der Waals surface area contributed by atoms with Gasteiger partial charge in [-0.1, -0.05) is 19.8 Å². The third-order valence-electron chi connectivity index (χ3n) is 4.56. The zero-order valence-corrected chi connectivity index (χ0v) is 14.9. The van der Waals surface area contributed by atoms with E-state index in [0.717, 1.165) is 53.4 Å². The van der Waals surface area contributed by atoms with Crippen LogP contribution in [0.5, 0.6) is 0 Å². The molecule has 0 aliphatic carbocycles. The van der Waals surface area contributed by atoms with Crippen LogP contribution in [0.2, 0.25) is 0 Å². The number of nitrogens with two attached hydrogens (primary N) is 1. The lowest BCUT2D eigenvalue weighted by molar-refractivity contribution is -0.117. The van der Waals surface area contributed by atoms with Crippen molar-refractivity contribution >= 4 is 22.8 Å². The molecule has 2 aromatic rings. The number of fused-ring (bicyclic) bond motifs is 1. The van der Waals surface area contributed by atoms with Crippen LogP contribution in [0.4, 0.5) is 0 Å². The number of hydrogen-bond donors (Lipinski definition) is 1. The maximum absolute atomic E-state index is 12.0. The molecule has 1 aromatic carbocycles. The first-order valence-corrected chi connectivity index (χ1v) is 8.38. The second-order valence-electron chi connectivity index (χ2n) is 6.26. The fourth-order valence-corrected chi connectivity index (χ4v) is 3.28. The van der Waals surface area contributed by atoms with Gasteiger partial charge in [0.15, 0.2) is 0 Å². The Morgan fingerprint density at radius 1 is 1.25 bits per heavy atom. The summed E-state index contributed by atoms with van der Waals surface area (Å²) in [4.78, 5) is 23.5. The number of esters is 1. The highest BCUT2D eigenvalue weighted by atomic mass is 16.5. The van der Waals surface area contributed by atoms with Crippen LogP contribution in [0.25, 0.3) is 10.9 Å². The summed E-state index contributed by atoms with van der Waals surface area (Å²) < 4.78 is 6.94. The highest BCUT2D eigenvalue weighted by molar-refractivity contribution is 5.98. The second kappa shape index (κ2) is 7.51. The summed E-state index contributed by atoms with van der Waals surface area (Å²) in [6, 6.07) is 3.81. The number of carbonyl (C=O) groups is 2. The molecule has 1 amide bonds. The molecule has 2 N–H and O–H groups in total. The lowest BCUT2D eigenvalue weighted by atomic mass is 10.00. The highest BCUT2D eigenvalue weighted by Gasteiger charge is 2.20. The fourth-order valence-electron chi connectivity index (χ4n) is 3.28. The van der Waals surface area contributed by atoms with Crippen molar-refractivity contribution in [1.29, 1.82) is 0 Å². The van der Waals surface area contributed by atoms with E-state index >= 15 is 0 Å². The van der Waals surface area contributed by atoms with Crippen LogP contribution in [-0.4, -0.2) is 23.6 Å². The van der Waals surface area contributed by atoms with E-state index < -0.39 is 0 Å². The first-order chi connectivity index (χ1) is 11.4. The van der Waals surface area contributed by atoms with E-state index in [2.05, 4.69) is 11.5 Å². The van der Waals surface area contributed by atoms with Crippen molar-refractivity contribution < 1.29 is 14.3 Å². The topological polar surface area (TPSA) is 74.3 Å². The van der Waals surface area contributed by atoms with Gasteiger partial charge < -0.3 is 15.0 Å². The Kier molecular flexibility index (Phi) is 5.65. The second-order valence-corrected chi connectivity index (χ2v) is 6.26.